The largest absolute Gasteiger partial charge is 0.515 e. The van der Waals surface area contributed by atoms with Gasteiger partial charge in [-0.1, -0.05) is 6.92 Å². The Labute approximate surface area is 60.6 Å². The Morgan fingerprint density at radius 2 is 2.40 bits per heavy atom. The molecule has 1 N–H and O–H groups in total. The Morgan fingerprint density at radius 1 is 1.70 bits per heavy atom. The van der Waals surface area contributed by atoms with Gasteiger partial charge in [-0.3, -0.25) is 4.79 Å². The molecule has 0 aliphatic heterocycles. The van der Waals surface area contributed by atoms with Crippen LogP contribution in [-0.4, -0.2) is 10.9 Å². The average molecular weight is 140 g/mol. The Hall–Kier alpha value is -0.790. The van der Waals surface area contributed by atoms with Crippen LogP contribution in [0.2, 0.25) is 0 Å². The third-order valence-electron chi connectivity index (χ3n) is 2.00. The quantitative estimate of drug-likeness (QED) is 0.411. The Balaban J connectivity index is 2.69. The lowest BCUT2D eigenvalue weighted by molar-refractivity contribution is -0.120. The molecule has 2 nitrogen and oxygen atoms in total. The molecule has 1 aliphatic rings. The van der Waals surface area contributed by atoms with Gasteiger partial charge in [0.25, 0.3) is 0 Å². The van der Waals surface area contributed by atoms with Gasteiger partial charge >= 0.3 is 0 Å². The van der Waals surface area contributed by atoms with Crippen LogP contribution in [0.4, 0.5) is 0 Å². The minimum Gasteiger partial charge on any atom is -0.515 e. The topological polar surface area (TPSA) is 37.3 Å². The molecule has 1 aliphatic carbocycles. The lowest BCUT2D eigenvalue weighted by Crippen LogP contribution is -2.18. The Morgan fingerprint density at radius 3 is 2.90 bits per heavy atom. The van der Waals surface area contributed by atoms with Crippen LogP contribution in [0.3, 0.4) is 0 Å². The molecule has 56 valence electrons. The summed E-state index contributed by atoms with van der Waals surface area (Å²) >= 11 is 0. The van der Waals surface area contributed by atoms with Crippen LogP contribution in [0.15, 0.2) is 11.8 Å². The first-order chi connectivity index (χ1) is 4.75. The molecule has 10 heavy (non-hydrogen) atoms. The van der Waals surface area contributed by atoms with Gasteiger partial charge in [0, 0.05) is 11.5 Å². The maximum absolute atomic E-state index is 11.1. The van der Waals surface area contributed by atoms with E-state index in [9.17, 15) is 4.79 Å². The van der Waals surface area contributed by atoms with Gasteiger partial charge in [0.15, 0.2) is 5.78 Å². The number of ketones is 1. The van der Waals surface area contributed by atoms with E-state index in [1.807, 2.05) is 6.92 Å². The highest BCUT2D eigenvalue weighted by Gasteiger charge is 2.22. The molecule has 0 aromatic carbocycles. The van der Waals surface area contributed by atoms with Crippen molar-refractivity contribution < 1.29 is 9.90 Å². The van der Waals surface area contributed by atoms with E-state index in [2.05, 4.69) is 0 Å². The summed E-state index contributed by atoms with van der Waals surface area (Å²) in [5.74, 6) is 0.237. The third kappa shape index (κ3) is 1.20. The molecule has 0 amide bonds. The lowest BCUT2D eigenvalue weighted by Gasteiger charge is -2.17. The zero-order valence-electron chi connectivity index (χ0n) is 6.13. The van der Waals surface area contributed by atoms with Gasteiger partial charge in [-0.15, -0.1) is 0 Å². The SMILES string of the molecule is C[C@@H]1CCC/C(=C\O)C1=O. The fourth-order valence-corrected chi connectivity index (χ4v) is 1.30. The van der Waals surface area contributed by atoms with Crippen molar-refractivity contribution in [1.82, 2.24) is 0 Å². The highest BCUT2D eigenvalue weighted by atomic mass is 16.2. The van der Waals surface area contributed by atoms with Gasteiger partial charge < -0.3 is 5.11 Å². The number of Topliss-reactive ketones (excluding diaryl/α,β-unsaturated/α-hetero) is 1. The Kier molecular flexibility index (Phi) is 2.10. The van der Waals surface area contributed by atoms with Gasteiger partial charge in [0.1, 0.15) is 0 Å². The predicted molar refractivity (Wildman–Crippen MR) is 38.7 cm³/mol. The molecular weight excluding hydrogens is 128 g/mol. The van der Waals surface area contributed by atoms with E-state index < -0.39 is 0 Å². The van der Waals surface area contributed by atoms with Crippen LogP contribution in [0.25, 0.3) is 0 Å². The maximum atomic E-state index is 11.1. The summed E-state index contributed by atoms with van der Waals surface area (Å²) in [4.78, 5) is 11.1. The minimum atomic E-state index is 0.118. The summed E-state index contributed by atoms with van der Waals surface area (Å²) in [7, 11) is 0. The highest BCUT2D eigenvalue weighted by molar-refractivity contribution is 5.97. The van der Waals surface area contributed by atoms with E-state index >= 15 is 0 Å². The molecule has 1 atom stereocenters. The van der Waals surface area contributed by atoms with Crippen molar-refractivity contribution in [2.24, 2.45) is 5.92 Å². The zero-order valence-corrected chi connectivity index (χ0v) is 6.13. The minimum absolute atomic E-state index is 0.118. The number of hydrogen-bond donors (Lipinski definition) is 1. The number of hydrogen-bond acceptors (Lipinski definition) is 2. The first-order valence-electron chi connectivity index (χ1n) is 3.63. The standard InChI is InChI=1S/C8H12O2/c1-6-3-2-4-7(5-9)8(6)10/h5-6,9H,2-4H2,1H3/b7-5+/t6-/m1/s1. The number of aliphatic hydroxyl groups excluding tert-OH is 1. The summed E-state index contributed by atoms with van der Waals surface area (Å²) in [5.41, 5.74) is 0.596. The van der Waals surface area contributed by atoms with Crippen LogP contribution in [0.1, 0.15) is 26.2 Å². The molecule has 0 aromatic heterocycles. The fourth-order valence-electron chi connectivity index (χ4n) is 1.30. The average Bonchev–Trinajstić information content (AvgIpc) is 1.95. The molecule has 2 heteroatoms. The summed E-state index contributed by atoms with van der Waals surface area (Å²) in [6.07, 6.45) is 3.70. The predicted octanol–water partition coefficient (Wildman–Crippen LogP) is 1.82. The van der Waals surface area contributed by atoms with Crippen molar-refractivity contribution in [1.29, 1.82) is 0 Å². The van der Waals surface area contributed by atoms with Crippen molar-refractivity contribution >= 4 is 5.78 Å². The van der Waals surface area contributed by atoms with Gasteiger partial charge in [0.05, 0.1) is 6.26 Å². The number of carbonyl (C=O) groups excluding carboxylic acids is 1. The normalized spacial score (nSPS) is 31.1. The summed E-state index contributed by atoms with van der Waals surface area (Å²) in [6, 6.07) is 0. The second kappa shape index (κ2) is 2.86. The van der Waals surface area contributed by atoms with Crippen LogP contribution >= 0.6 is 0 Å². The fraction of sp³-hybridized carbons (Fsp3) is 0.625. The van der Waals surface area contributed by atoms with E-state index in [1.165, 1.54) is 0 Å². The molecule has 1 saturated carbocycles. The summed E-state index contributed by atoms with van der Waals surface area (Å²) in [6.45, 7) is 1.91. The van der Waals surface area contributed by atoms with Crippen molar-refractivity contribution in [3.8, 4) is 0 Å². The molecule has 1 fully saturated rings. The molecule has 0 heterocycles. The number of carbonyl (C=O) groups is 1. The second-order valence-corrected chi connectivity index (χ2v) is 2.81. The van der Waals surface area contributed by atoms with Gasteiger partial charge in [-0.2, -0.15) is 0 Å². The lowest BCUT2D eigenvalue weighted by atomic mass is 9.86. The zero-order chi connectivity index (χ0) is 7.56. The molecule has 0 saturated heterocycles. The van der Waals surface area contributed by atoms with Crippen LogP contribution in [0.5, 0.6) is 0 Å². The van der Waals surface area contributed by atoms with Gasteiger partial charge in [-0.05, 0) is 19.3 Å². The van der Waals surface area contributed by atoms with E-state index in [1.54, 1.807) is 0 Å². The Bertz CT molecular complexity index is 170. The van der Waals surface area contributed by atoms with Gasteiger partial charge in [-0.25, -0.2) is 0 Å². The smallest absolute Gasteiger partial charge is 0.164 e. The third-order valence-corrected chi connectivity index (χ3v) is 2.00. The first-order valence-corrected chi connectivity index (χ1v) is 3.63. The van der Waals surface area contributed by atoms with Crippen LogP contribution < -0.4 is 0 Å². The van der Waals surface area contributed by atoms with Crippen molar-refractivity contribution in [3.63, 3.8) is 0 Å². The second-order valence-electron chi connectivity index (χ2n) is 2.81. The van der Waals surface area contributed by atoms with E-state index in [0.29, 0.717) is 5.57 Å². The van der Waals surface area contributed by atoms with E-state index in [4.69, 9.17) is 5.11 Å². The molecule has 0 spiro atoms. The summed E-state index contributed by atoms with van der Waals surface area (Å²) < 4.78 is 0. The van der Waals surface area contributed by atoms with Crippen molar-refractivity contribution in [3.05, 3.63) is 11.8 Å². The van der Waals surface area contributed by atoms with Crippen LogP contribution in [0, 0.1) is 5.92 Å². The molecule has 0 radical (unpaired) electrons. The maximum Gasteiger partial charge on any atom is 0.164 e. The molecule has 0 unspecified atom stereocenters. The number of rotatable bonds is 0. The molecule has 1 rings (SSSR count). The van der Waals surface area contributed by atoms with E-state index in [0.717, 1.165) is 25.5 Å². The molecule has 0 aromatic rings. The van der Waals surface area contributed by atoms with Crippen LogP contribution in [-0.2, 0) is 4.79 Å². The van der Waals surface area contributed by atoms with Gasteiger partial charge in [0.2, 0.25) is 0 Å². The highest BCUT2D eigenvalue weighted by Crippen LogP contribution is 2.23. The number of aliphatic hydroxyl groups is 1. The van der Waals surface area contributed by atoms with E-state index in [-0.39, 0.29) is 11.7 Å². The first kappa shape index (κ1) is 7.32. The van der Waals surface area contributed by atoms with Crippen molar-refractivity contribution in [2.75, 3.05) is 0 Å². The molecule has 0 bridgehead atoms. The number of allylic oxidation sites excluding steroid dienone is 1. The summed E-state index contributed by atoms with van der Waals surface area (Å²) in [5, 5.41) is 8.60. The van der Waals surface area contributed by atoms with Crippen molar-refractivity contribution in [2.45, 2.75) is 26.2 Å². The molecular formula is C8H12O2. The monoisotopic (exact) mass is 140 g/mol.